The van der Waals surface area contributed by atoms with E-state index in [9.17, 15) is 4.79 Å². The highest BCUT2D eigenvalue weighted by Gasteiger charge is 2.13. The zero-order valence-electron chi connectivity index (χ0n) is 12.2. The molecular formula is C15H24N2O2. The first kappa shape index (κ1) is 15.5. The molecule has 0 aliphatic rings. The Bertz CT molecular complexity index is 411. The number of benzene rings is 1. The van der Waals surface area contributed by atoms with Gasteiger partial charge in [-0.3, -0.25) is 0 Å². The molecule has 0 atom stereocenters. The van der Waals surface area contributed by atoms with Gasteiger partial charge in [0.25, 0.3) is 0 Å². The van der Waals surface area contributed by atoms with Gasteiger partial charge in [-0.15, -0.1) is 0 Å². The largest absolute Gasteiger partial charge is 0.448 e. The average molecular weight is 264 g/mol. The quantitative estimate of drug-likeness (QED) is 0.804. The van der Waals surface area contributed by atoms with Crippen LogP contribution in [0.15, 0.2) is 24.3 Å². The molecule has 0 fully saturated rings. The maximum atomic E-state index is 11.4. The Morgan fingerprint density at radius 1 is 1.26 bits per heavy atom. The number of rotatable bonds is 5. The van der Waals surface area contributed by atoms with E-state index in [-0.39, 0.29) is 11.6 Å². The van der Waals surface area contributed by atoms with Crippen LogP contribution in [-0.2, 0) is 11.3 Å². The van der Waals surface area contributed by atoms with E-state index in [1.165, 1.54) is 11.1 Å². The molecule has 0 heterocycles. The third kappa shape index (κ3) is 6.82. The second-order valence-corrected chi connectivity index (χ2v) is 5.61. The fourth-order valence-electron chi connectivity index (χ4n) is 1.59. The molecule has 106 valence electrons. The van der Waals surface area contributed by atoms with Crippen molar-refractivity contribution in [3.8, 4) is 0 Å². The number of amides is 1. The SMILES string of the molecule is Cc1ccccc1CNCCOC(=O)NC(C)(C)C. The van der Waals surface area contributed by atoms with Gasteiger partial charge in [0, 0.05) is 18.6 Å². The molecular weight excluding hydrogens is 240 g/mol. The number of ether oxygens (including phenoxy) is 1. The van der Waals surface area contributed by atoms with Gasteiger partial charge in [-0.2, -0.15) is 0 Å². The molecule has 1 aromatic rings. The van der Waals surface area contributed by atoms with E-state index in [2.05, 4.69) is 29.7 Å². The normalized spacial score (nSPS) is 11.2. The summed E-state index contributed by atoms with van der Waals surface area (Å²) in [5.74, 6) is 0. The van der Waals surface area contributed by atoms with Crippen LogP contribution in [0.25, 0.3) is 0 Å². The van der Waals surface area contributed by atoms with Crippen molar-refractivity contribution in [3.63, 3.8) is 0 Å². The van der Waals surface area contributed by atoms with E-state index in [1.54, 1.807) is 0 Å². The van der Waals surface area contributed by atoms with Crippen molar-refractivity contribution in [2.75, 3.05) is 13.2 Å². The lowest BCUT2D eigenvalue weighted by Gasteiger charge is -2.20. The van der Waals surface area contributed by atoms with E-state index in [1.807, 2.05) is 32.9 Å². The molecule has 19 heavy (non-hydrogen) atoms. The first-order valence-corrected chi connectivity index (χ1v) is 6.58. The Hall–Kier alpha value is -1.55. The lowest BCUT2D eigenvalue weighted by atomic mass is 10.1. The van der Waals surface area contributed by atoms with Crippen molar-refractivity contribution in [2.24, 2.45) is 0 Å². The first-order valence-electron chi connectivity index (χ1n) is 6.58. The van der Waals surface area contributed by atoms with E-state index in [0.717, 1.165) is 6.54 Å². The lowest BCUT2D eigenvalue weighted by molar-refractivity contribution is 0.138. The van der Waals surface area contributed by atoms with Crippen LogP contribution in [0.2, 0.25) is 0 Å². The number of hydrogen-bond donors (Lipinski definition) is 2. The van der Waals surface area contributed by atoms with Gasteiger partial charge in [-0.25, -0.2) is 4.79 Å². The summed E-state index contributed by atoms with van der Waals surface area (Å²) in [6.07, 6.45) is -0.370. The van der Waals surface area contributed by atoms with Gasteiger partial charge in [0.15, 0.2) is 0 Å². The number of carbonyl (C=O) groups is 1. The monoisotopic (exact) mass is 264 g/mol. The topological polar surface area (TPSA) is 50.4 Å². The van der Waals surface area contributed by atoms with Crippen LogP contribution in [0.3, 0.4) is 0 Å². The van der Waals surface area contributed by atoms with Gasteiger partial charge < -0.3 is 15.4 Å². The van der Waals surface area contributed by atoms with Gasteiger partial charge in [0.2, 0.25) is 0 Å². The summed E-state index contributed by atoms with van der Waals surface area (Å²) in [4.78, 5) is 11.4. The molecule has 0 aliphatic carbocycles. The second kappa shape index (κ2) is 7.14. The summed E-state index contributed by atoms with van der Waals surface area (Å²) in [6.45, 7) is 9.65. The Labute approximate surface area is 115 Å². The first-order chi connectivity index (χ1) is 8.88. The van der Waals surface area contributed by atoms with Crippen molar-refractivity contribution in [2.45, 2.75) is 39.8 Å². The highest BCUT2D eigenvalue weighted by molar-refractivity contribution is 5.68. The van der Waals surface area contributed by atoms with Crippen LogP contribution in [0, 0.1) is 6.92 Å². The summed E-state index contributed by atoms with van der Waals surface area (Å²) in [5, 5.41) is 6.00. The zero-order valence-corrected chi connectivity index (χ0v) is 12.2. The molecule has 2 N–H and O–H groups in total. The molecule has 0 radical (unpaired) electrons. The van der Waals surface area contributed by atoms with Gasteiger partial charge in [-0.05, 0) is 38.8 Å². The van der Waals surface area contributed by atoms with Gasteiger partial charge in [-0.1, -0.05) is 24.3 Å². The standard InChI is InChI=1S/C15H24N2O2/c1-12-7-5-6-8-13(12)11-16-9-10-19-14(18)17-15(2,3)4/h5-8,16H,9-11H2,1-4H3,(H,17,18). The van der Waals surface area contributed by atoms with Gasteiger partial charge in [0.1, 0.15) is 6.61 Å². The predicted molar refractivity (Wildman–Crippen MR) is 77.1 cm³/mol. The summed E-state index contributed by atoms with van der Waals surface area (Å²) < 4.78 is 5.07. The molecule has 0 aromatic heterocycles. The highest BCUT2D eigenvalue weighted by Crippen LogP contribution is 2.05. The molecule has 1 rings (SSSR count). The number of hydrogen-bond acceptors (Lipinski definition) is 3. The minimum absolute atomic E-state index is 0.258. The van der Waals surface area contributed by atoms with E-state index < -0.39 is 0 Å². The lowest BCUT2D eigenvalue weighted by Crippen LogP contribution is -2.41. The van der Waals surface area contributed by atoms with Gasteiger partial charge >= 0.3 is 6.09 Å². The summed E-state index contributed by atoms with van der Waals surface area (Å²) in [6, 6.07) is 8.23. The highest BCUT2D eigenvalue weighted by atomic mass is 16.5. The van der Waals surface area contributed by atoms with Crippen molar-refractivity contribution in [1.82, 2.24) is 10.6 Å². The third-order valence-electron chi connectivity index (χ3n) is 2.57. The molecule has 0 aliphatic heterocycles. The van der Waals surface area contributed by atoms with Gasteiger partial charge in [0.05, 0.1) is 0 Å². The smallest absolute Gasteiger partial charge is 0.407 e. The Kier molecular flexibility index (Phi) is 5.83. The van der Waals surface area contributed by atoms with Crippen LogP contribution in [0.1, 0.15) is 31.9 Å². The van der Waals surface area contributed by atoms with Crippen LogP contribution in [0.4, 0.5) is 4.79 Å². The number of aryl methyl sites for hydroxylation is 1. The number of alkyl carbamates (subject to hydrolysis) is 1. The summed E-state index contributed by atoms with van der Waals surface area (Å²) in [7, 11) is 0. The van der Waals surface area contributed by atoms with Crippen molar-refractivity contribution >= 4 is 6.09 Å². The van der Waals surface area contributed by atoms with E-state index in [0.29, 0.717) is 13.2 Å². The zero-order chi connectivity index (χ0) is 14.3. The van der Waals surface area contributed by atoms with Crippen LogP contribution in [0.5, 0.6) is 0 Å². The molecule has 1 aromatic carbocycles. The van der Waals surface area contributed by atoms with E-state index in [4.69, 9.17) is 4.74 Å². The summed E-state index contributed by atoms with van der Waals surface area (Å²) >= 11 is 0. The molecule has 0 bridgehead atoms. The van der Waals surface area contributed by atoms with Crippen molar-refractivity contribution < 1.29 is 9.53 Å². The van der Waals surface area contributed by atoms with Crippen molar-refractivity contribution in [1.29, 1.82) is 0 Å². The van der Waals surface area contributed by atoms with Crippen LogP contribution in [-0.4, -0.2) is 24.8 Å². The molecule has 4 heteroatoms. The summed E-state index contributed by atoms with van der Waals surface area (Å²) in [5.41, 5.74) is 2.27. The third-order valence-corrected chi connectivity index (χ3v) is 2.57. The average Bonchev–Trinajstić information content (AvgIpc) is 2.28. The fourth-order valence-corrected chi connectivity index (χ4v) is 1.59. The molecule has 0 saturated heterocycles. The second-order valence-electron chi connectivity index (χ2n) is 5.61. The minimum Gasteiger partial charge on any atom is -0.448 e. The molecule has 4 nitrogen and oxygen atoms in total. The Morgan fingerprint density at radius 2 is 1.95 bits per heavy atom. The van der Waals surface area contributed by atoms with Crippen LogP contribution < -0.4 is 10.6 Å². The fraction of sp³-hybridized carbons (Fsp3) is 0.533. The molecule has 0 unspecified atom stereocenters. The maximum absolute atomic E-state index is 11.4. The minimum atomic E-state index is -0.370. The maximum Gasteiger partial charge on any atom is 0.407 e. The Balaban J connectivity index is 2.15. The predicted octanol–water partition coefficient (Wildman–Crippen LogP) is 2.61. The number of carbonyl (C=O) groups excluding carboxylic acids is 1. The Morgan fingerprint density at radius 3 is 2.58 bits per heavy atom. The molecule has 1 amide bonds. The van der Waals surface area contributed by atoms with Crippen LogP contribution >= 0.6 is 0 Å². The molecule has 0 saturated carbocycles. The number of nitrogens with one attached hydrogen (secondary N) is 2. The molecule has 0 spiro atoms. The van der Waals surface area contributed by atoms with E-state index >= 15 is 0 Å². The van der Waals surface area contributed by atoms with Crippen molar-refractivity contribution in [3.05, 3.63) is 35.4 Å².